The van der Waals surface area contributed by atoms with Gasteiger partial charge in [-0.15, -0.1) is 0 Å². The summed E-state index contributed by atoms with van der Waals surface area (Å²) in [5.74, 6) is 4.88. The molecule has 0 heterocycles. The van der Waals surface area contributed by atoms with Crippen LogP contribution in [0.2, 0.25) is 0 Å². The van der Waals surface area contributed by atoms with Crippen molar-refractivity contribution in [2.45, 2.75) is 45.3 Å². The highest BCUT2D eigenvalue weighted by Gasteiger charge is 2.66. The molecule has 5 atom stereocenters. The molecule has 0 spiro atoms. The molecule has 0 saturated heterocycles. The molecule has 2 N–H and O–H groups in total. The SMILES string of the molecule is CC(C)OCC(N)C1C2C3CCC(C3)C12. The number of ether oxygens (including phenoxy) is 1. The molecule has 2 heteroatoms. The van der Waals surface area contributed by atoms with Gasteiger partial charge in [0.05, 0.1) is 12.7 Å². The minimum atomic E-state index is 0.311. The summed E-state index contributed by atoms with van der Waals surface area (Å²) in [5, 5.41) is 0. The number of hydrogen-bond donors (Lipinski definition) is 1. The summed E-state index contributed by atoms with van der Waals surface area (Å²) in [4.78, 5) is 0. The van der Waals surface area contributed by atoms with E-state index in [4.69, 9.17) is 10.5 Å². The van der Waals surface area contributed by atoms with Crippen LogP contribution in [-0.4, -0.2) is 18.8 Å². The molecule has 5 unspecified atom stereocenters. The van der Waals surface area contributed by atoms with Crippen molar-refractivity contribution in [3.8, 4) is 0 Å². The molecule has 0 amide bonds. The lowest BCUT2D eigenvalue weighted by Crippen LogP contribution is -2.32. The predicted octanol–water partition coefficient (Wildman–Crippen LogP) is 2.03. The monoisotopic (exact) mass is 209 g/mol. The molecule has 15 heavy (non-hydrogen) atoms. The van der Waals surface area contributed by atoms with Crippen LogP contribution in [0.25, 0.3) is 0 Å². The Labute approximate surface area is 92.6 Å². The summed E-state index contributed by atoms with van der Waals surface area (Å²) < 4.78 is 5.64. The summed E-state index contributed by atoms with van der Waals surface area (Å²) in [6, 6.07) is 0.311. The van der Waals surface area contributed by atoms with E-state index in [0.29, 0.717) is 12.1 Å². The number of fused-ring (bicyclic) bond motifs is 5. The van der Waals surface area contributed by atoms with Gasteiger partial charge in [-0.2, -0.15) is 0 Å². The van der Waals surface area contributed by atoms with E-state index in [2.05, 4.69) is 13.8 Å². The highest BCUT2D eigenvalue weighted by molar-refractivity contribution is 5.15. The Kier molecular flexibility index (Phi) is 2.33. The van der Waals surface area contributed by atoms with E-state index in [9.17, 15) is 0 Å². The molecule has 0 aromatic carbocycles. The highest BCUT2D eigenvalue weighted by atomic mass is 16.5. The van der Waals surface area contributed by atoms with Crippen LogP contribution in [0.1, 0.15) is 33.1 Å². The first-order valence-corrected chi connectivity index (χ1v) is 6.55. The minimum absolute atomic E-state index is 0.311. The maximum atomic E-state index is 6.24. The zero-order valence-corrected chi connectivity index (χ0v) is 9.86. The van der Waals surface area contributed by atoms with E-state index < -0.39 is 0 Å². The first kappa shape index (κ1) is 10.1. The first-order chi connectivity index (χ1) is 7.18. The molecular weight excluding hydrogens is 186 g/mol. The van der Waals surface area contributed by atoms with Crippen molar-refractivity contribution in [3.63, 3.8) is 0 Å². The van der Waals surface area contributed by atoms with Crippen molar-refractivity contribution in [1.82, 2.24) is 0 Å². The van der Waals surface area contributed by atoms with Crippen LogP contribution in [0, 0.1) is 29.6 Å². The average Bonchev–Trinajstić information content (AvgIpc) is 2.64. The fourth-order valence-electron chi connectivity index (χ4n) is 4.38. The van der Waals surface area contributed by atoms with E-state index in [1.165, 1.54) is 19.3 Å². The maximum Gasteiger partial charge on any atom is 0.0623 e. The first-order valence-electron chi connectivity index (χ1n) is 6.55. The van der Waals surface area contributed by atoms with Gasteiger partial charge in [0.2, 0.25) is 0 Å². The molecular formula is C13H23NO. The zero-order chi connectivity index (χ0) is 10.6. The Morgan fingerprint density at radius 3 is 2.33 bits per heavy atom. The Balaban J connectivity index is 1.54. The molecule has 3 aliphatic rings. The zero-order valence-electron chi connectivity index (χ0n) is 9.86. The second-order valence-corrected chi connectivity index (χ2v) is 6.11. The van der Waals surface area contributed by atoms with Gasteiger partial charge in [0.15, 0.2) is 0 Å². The smallest absolute Gasteiger partial charge is 0.0623 e. The van der Waals surface area contributed by atoms with Crippen LogP contribution in [0.4, 0.5) is 0 Å². The van der Waals surface area contributed by atoms with E-state index in [1.807, 2.05) is 0 Å². The number of nitrogens with two attached hydrogens (primary N) is 1. The standard InChI is InChI=1S/C13H23NO/c1-7(2)15-6-10(14)13-11-8-3-4-9(5-8)12(11)13/h7-13H,3-6,14H2,1-2H3. The quantitative estimate of drug-likeness (QED) is 0.769. The van der Waals surface area contributed by atoms with Gasteiger partial charge in [0, 0.05) is 6.04 Å². The van der Waals surface area contributed by atoms with Crippen molar-refractivity contribution >= 4 is 0 Å². The van der Waals surface area contributed by atoms with Crippen LogP contribution >= 0.6 is 0 Å². The molecule has 3 aliphatic carbocycles. The van der Waals surface area contributed by atoms with Crippen LogP contribution < -0.4 is 5.73 Å². The fourth-order valence-corrected chi connectivity index (χ4v) is 4.38. The van der Waals surface area contributed by atoms with Crippen LogP contribution in [0.5, 0.6) is 0 Å². The van der Waals surface area contributed by atoms with Gasteiger partial charge in [0.1, 0.15) is 0 Å². The van der Waals surface area contributed by atoms with Gasteiger partial charge in [-0.05, 0) is 62.7 Å². The Bertz CT molecular complexity index is 237. The maximum absolute atomic E-state index is 6.24. The lowest BCUT2D eigenvalue weighted by atomic mass is 9.98. The molecule has 2 nitrogen and oxygen atoms in total. The van der Waals surface area contributed by atoms with E-state index in [-0.39, 0.29) is 0 Å². The van der Waals surface area contributed by atoms with Crippen molar-refractivity contribution in [1.29, 1.82) is 0 Å². The lowest BCUT2D eigenvalue weighted by molar-refractivity contribution is 0.0613. The van der Waals surface area contributed by atoms with Crippen molar-refractivity contribution in [2.75, 3.05) is 6.61 Å². The third-order valence-electron chi connectivity index (χ3n) is 4.91. The predicted molar refractivity (Wildman–Crippen MR) is 60.4 cm³/mol. The third-order valence-corrected chi connectivity index (χ3v) is 4.91. The molecule has 86 valence electrons. The molecule has 0 radical (unpaired) electrons. The van der Waals surface area contributed by atoms with Gasteiger partial charge in [-0.1, -0.05) is 0 Å². The molecule has 0 aromatic heterocycles. The fraction of sp³-hybridized carbons (Fsp3) is 1.00. The van der Waals surface area contributed by atoms with Crippen molar-refractivity contribution in [2.24, 2.45) is 35.3 Å². The highest BCUT2D eigenvalue weighted by Crippen LogP contribution is 2.70. The minimum Gasteiger partial charge on any atom is -0.377 e. The van der Waals surface area contributed by atoms with Gasteiger partial charge in [-0.3, -0.25) is 0 Å². The van der Waals surface area contributed by atoms with Gasteiger partial charge in [-0.25, -0.2) is 0 Å². The summed E-state index contributed by atoms with van der Waals surface area (Å²) >= 11 is 0. The second-order valence-electron chi connectivity index (χ2n) is 6.11. The van der Waals surface area contributed by atoms with E-state index in [0.717, 1.165) is 36.2 Å². The molecule has 2 bridgehead atoms. The molecule has 0 aromatic rings. The van der Waals surface area contributed by atoms with E-state index >= 15 is 0 Å². The largest absolute Gasteiger partial charge is 0.377 e. The molecule has 3 saturated carbocycles. The summed E-state index contributed by atoms with van der Waals surface area (Å²) in [5.41, 5.74) is 6.24. The Hall–Kier alpha value is -0.0800. The van der Waals surface area contributed by atoms with E-state index in [1.54, 1.807) is 0 Å². The summed E-state index contributed by atoms with van der Waals surface area (Å²) in [6.45, 7) is 4.95. The Morgan fingerprint density at radius 1 is 1.20 bits per heavy atom. The summed E-state index contributed by atoms with van der Waals surface area (Å²) in [6.07, 6.45) is 4.82. The normalized spacial score (nSPS) is 48.4. The van der Waals surface area contributed by atoms with Crippen molar-refractivity contribution < 1.29 is 4.74 Å². The topological polar surface area (TPSA) is 35.2 Å². The van der Waals surface area contributed by atoms with Gasteiger partial charge in [0.25, 0.3) is 0 Å². The number of hydrogen-bond acceptors (Lipinski definition) is 2. The lowest BCUT2D eigenvalue weighted by Gasteiger charge is -2.17. The van der Waals surface area contributed by atoms with Crippen LogP contribution in [0.3, 0.4) is 0 Å². The molecule has 3 rings (SSSR count). The average molecular weight is 209 g/mol. The molecule has 3 fully saturated rings. The van der Waals surface area contributed by atoms with Crippen LogP contribution in [-0.2, 0) is 4.74 Å². The number of rotatable bonds is 4. The molecule has 0 aliphatic heterocycles. The van der Waals surface area contributed by atoms with Gasteiger partial charge >= 0.3 is 0 Å². The van der Waals surface area contributed by atoms with Crippen LogP contribution in [0.15, 0.2) is 0 Å². The van der Waals surface area contributed by atoms with Crippen molar-refractivity contribution in [3.05, 3.63) is 0 Å². The third kappa shape index (κ3) is 1.53. The summed E-state index contributed by atoms with van der Waals surface area (Å²) in [7, 11) is 0. The Morgan fingerprint density at radius 2 is 1.80 bits per heavy atom. The second kappa shape index (κ2) is 3.46. The van der Waals surface area contributed by atoms with Gasteiger partial charge < -0.3 is 10.5 Å².